The molecule has 0 aromatic rings. The number of hydrogen-bond donors (Lipinski definition) is 2. The molecule has 0 aliphatic rings. The fourth-order valence-electron chi connectivity index (χ4n) is 0.204. The van der Waals surface area contributed by atoms with Gasteiger partial charge in [0.25, 0.3) is 5.91 Å². The predicted octanol–water partition coefficient (Wildman–Crippen LogP) is -1.82. The number of hydrogen-bond acceptors (Lipinski definition) is 3. The van der Waals surface area contributed by atoms with Gasteiger partial charge < -0.3 is 0 Å². The van der Waals surface area contributed by atoms with Gasteiger partial charge in [-0.15, -0.1) is 0 Å². The van der Waals surface area contributed by atoms with Crippen molar-refractivity contribution in [3.63, 3.8) is 0 Å². The summed E-state index contributed by atoms with van der Waals surface area (Å²) in [5.74, 6) is -0.914. The van der Waals surface area contributed by atoms with Crippen LogP contribution in [0.15, 0.2) is 12.2 Å². The van der Waals surface area contributed by atoms with Crippen LogP contribution in [0.25, 0.3) is 0 Å². The van der Waals surface area contributed by atoms with Crippen LogP contribution in [0.5, 0.6) is 0 Å². The molecule has 1 amide bonds. The first-order valence-corrected chi connectivity index (χ1v) is 3.72. The zero-order chi connectivity index (χ0) is 8.36. The molecule has 0 aliphatic heterocycles. The summed E-state index contributed by atoms with van der Waals surface area (Å²) >= 11 is 0. The Morgan fingerprint density at radius 2 is 1.75 bits per heavy atom. The second-order valence-corrected chi connectivity index (χ2v) is 2.84. The van der Waals surface area contributed by atoms with Gasteiger partial charge in [-0.1, -0.05) is 6.58 Å². The van der Waals surface area contributed by atoms with Crippen LogP contribution in [0.2, 0.25) is 0 Å². The van der Waals surface area contributed by atoms with Crippen molar-refractivity contribution >= 4 is 119 Å². The Kier molecular flexibility index (Phi) is 14.4. The van der Waals surface area contributed by atoms with Gasteiger partial charge in [0.05, 0.1) is 0 Å². The van der Waals surface area contributed by atoms with Crippen LogP contribution in [0, 0.1) is 0 Å². The first kappa shape index (κ1) is 19.9. The van der Waals surface area contributed by atoms with Crippen LogP contribution in [0.3, 0.4) is 0 Å². The number of rotatable bonds is 2. The topological polar surface area (TPSA) is 83.5 Å². The molecule has 0 fully saturated rings. The van der Waals surface area contributed by atoms with E-state index in [1.165, 1.54) is 11.6 Å². The summed E-state index contributed by atoms with van der Waals surface area (Å²) in [5, 5.41) is 0. The minimum atomic E-state index is -4.43. The van der Waals surface area contributed by atoms with Crippen molar-refractivity contribution in [2.45, 2.75) is 6.92 Å². The molecule has 0 aromatic heterocycles. The predicted molar refractivity (Wildman–Crippen MR) is 48.8 cm³/mol. The number of carbonyl (C=O) groups excluding carboxylic acids is 1. The number of nitrogens with one attached hydrogen (secondary N) is 1. The third-order valence-corrected chi connectivity index (χ3v) is 1.05. The molecular weight excluding hydrogens is 236 g/mol. The molecule has 8 heteroatoms. The summed E-state index contributed by atoms with van der Waals surface area (Å²) in [5.41, 5.74) is 0.0117. The van der Waals surface area contributed by atoms with Crippen LogP contribution in [-0.4, -0.2) is 122 Å². The van der Waals surface area contributed by atoms with E-state index in [0.717, 1.165) is 0 Å². The summed E-state index contributed by atoms with van der Waals surface area (Å²) in [6.07, 6.45) is 0. The molecular formula is C4H9K2NO4S. The van der Waals surface area contributed by atoms with Crippen molar-refractivity contribution in [1.82, 2.24) is 4.72 Å². The van der Waals surface area contributed by atoms with E-state index < -0.39 is 16.2 Å². The molecule has 2 N–H and O–H groups in total. The average molecular weight is 245 g/mol. The Balaban J connectivity index is -0.000000405. The molecule has 0 rings (SSSR count). The van der Waals surface area contributed by atoms with Crippen LogP contribution < -0.4 is 4.72 Å². The van der Waals surface area contributed by atoms with Gasteiger partial charge in [0, 0.05) is 5.57 Å². The van der Waals surface area contributed by atoms with E-state index in [1.54, 1.807) is 0 Å². The van der Waals surface area contributed by atoms with E-state index in [1.807, 2.05) is 0 Å². The fraction of sp³-hybridized carbons (Fsp3) is 0.250. The Hall–Kier alpha value is 2.39. The summed E-state index contributed by atoms with van der Waals surface area (Å²) in [4.78, 5) is 10.4. The second kappa shape index (κ2) is 8.68. The first-order chi connectivity index (χ1) is 4.33. The second-order valence-electron chi connectivity index (χ2n) is 1.69. The van der Waals surface area contributed by atoms with E-state index in [-0.39, 0.29) is 108 Å². The summed E-state index contributed by atoms with van der Waals surface area (Å²) in [7, 11) is -4.43. The Bertz CT molecular complexity index is 260. The molecule has 0 spiro atoms. The molecule has 0 radical (unpaired) electrons. The van der Waals surface area contributed by atoms with Crippen LogP contribution in [0.4, 0.5) is 0 Å². The van der Waals surface area contributed by atoms with E-state index in [4.69, 9.17) is 4.55 Å². The minimum absolute atomic E-state index is 0. The third-order valence-electron chi connectivity index (χ3n) is 0.609. The monoisotopic (exact) mass is 245 g/mol. The SMILES string of the molecule is C=C(C)C(=O)NS(=O)(=O)O.[KH].[KH]. The molecule has 0 bridgehead atoms. The van der Waals surface area contributed by atoms with E-state index >= 15 is 0 Å². The molecule has 0 saturated carbocycles. The molecule has 12 heavy (non-hydrogen) atoms. The Labute approximate surface area is 156 Å². The van der Waals surface area contributed by atoms with Crippen LogP contribution in [0.1, 0.15) is 6.92 Å². The van der Waals surface area contributed by atoms with Crippen LogP contribution >= 0.6 is 0 Å². The van der Waals surface area contributed by atoms with Crippen molar-refractivity contribution in [2.75, 3.05) is 0 Å². The van der Waals surface area contributed by atoms with Gasteiger partial charge in [0.15, 0.2) is 0 Å². The molecule has 0 atom stereocenters. The summed E-state index contributed by atoms with van der Waals surface area (Å²) < 4.78 is 29.2. The van der Waals surface area contributed by atoms with Gasteiger partial charge in [0.2, 0.25) is 0 Å². The number of amides is 1. The normalized spacial score (nSPS) is 8.83. The van der Waals surface area contributed by atoms with Gasteiger partial charge in [-0.2, -0.15) is 8.42 Å². The zero-order valence-corrected chi connectivity index (χ0v) is 6.10. The maximum absolute atomic E-state index is 10.4. The molecule has 62 valence electrons. The van der Waals surface area contributed by atoms with E-state index in [0.29, 0.717) is 0 Å². The Morgan fingerprint density at radius 1 is 1.42 bits per heavy atom. The third kappa shape index (κ3) is 12.4. The van der Waals surface area contributed by atoms with E-state index in [2.05, 4.69) is 6.58 Å². The van der Waals surface area contributed by atoms with Crippen molar-refractivity contribution in [1.29, 1.82) is 0 Å². The van der Waals surface area contributed by atoms with Crippen molar-refractivity contribution in [3.05, 3.63) is 12.2 Å². The van der Waals surface area contributed by atoms with Gasteiger partial charge in [-0.25, -0.2) is 4.72 Å². The number of carbonyl (C=O) groups is 1. The van der Waals surface area contributed by atoms with Crippen LogP contribution in [-0.2, 0) is 15.1 Å². The summed E-state index contributed by atoms with van der Waals surface area (Å²) in [6.45, 7) is 4.47. The van der Waals surface area contributed by atoms with Gasteiger partial charge in [0.1, 0.15) is 0 Å². The van der Waals surface area contributed by atoms with Crippen molar-refractivity contribution in [2.24, 2.45) is 0 Å². The Morgan fingerprint density at radius 3 is 1.83 bits per heavy atom. The van der Waals surface area contributed by atoms with E-state index in [9.17, 15) is 13.2 Å². The average Bonchev–Trinajstić information content (AvgIpc) is 1.60. The molecule has 0 heterocycles. The van der Waals surface area contributed by atoms with Gasteiger partial charge in [-0.3, -0.25) is 9.35 Å². The first-order valence-electron chi connectivity index (χ1n) is 2.28. The van der Waals surface area contributed by atoms with Gasteiger partial charge in [-0.05, 0) is 6.92 Å². The summed E-state index contributed by atoms with van der Waals surface area (Å²) in [6, 6.07) is 0. The van der Waals surface area contributed by atoms with Gasteiger partial charge >= 0.3 is 113 Å². The van der Waals surface area contributed by atoms with Crippen molar-refractivity contribution < 1.29 is 17.8 Å². The standard InChI is InChI=1S/C4H7NO4S.2K.2H/c1-3(2)4(6)5-10(7,8)9;;;;/h1H2,2H3,(H,5,6)(H,7,8,9);;;;. The molecule has 0 unspecified atom stereocenters. The van der Waals surface area contributed by atoms with Crippen molar-refractivity contribution in [3.8, 4) is 0 Å². The maximum atomic E-state index is 10.4. The molecule has 0 saturated heterocycles. The molecule has 0 aromatic carbocycles. The molecule has 0 aliphatic carbocycles. The zero-order valence-electron chi connectivity index (χ0n) is 5.29. The fourth-order valence-corrected chi connectivity index (χ4v) is 0.613. The molecule has 5 nitrogen and oxygen atoms in total. The quantitative estimate of drug-likeness (QED) is 0.341.